The van der Waals surface area contributed by atoms with Crippen molar-refractivity contribution in [1.82, 2.24) is 15.2 Å². The third-order valence-corrected chi connectivity index (χ3v) is 9.70. The molecule has 3 fully saturated rings. The third kappa shape index (κ3) is 7.39. The van der Waals surface area contributed by atoms with Crippen LogP contribution in [-0.4, -0.2) is 41.2 Å². The maximum atomic E-state index is 5.96. The molecule has 2 bridgehead atoms. The molecule has 5 atom stereocenters. The van der Waals surface area contributed by atoms with E-state index in [0.717, 1.165) is 47.1 Å². The molecule has 6 rings (SSSR count). The van der Waals surface area contributed by atoms with E-state index < -0.39 is 0 Å². The minimum Gasteiger partial charge on any atom is -0.497 e. The number of pyridine rings is 1. The Morgan fingerprint density at radius 2 is 1.85 bits per heavy atom. The van der Waals surface area contributed by atoms with Gasteiger partial charge in [0.15, 0.2) is 5.11 Å². The molecule has 0 amide bonds. The molecule has 3 aromatic rings. The van der Waals surface area contributed by atoms with Gasteiger partial charge in [0.25, 0.3) is 0 Å². The van der Waals surface area contributed by atoms with Gasteiger partial charge in [-0.15, -0.1) is 0 Å². The van der Waals surface area contributed by atoms with E-state index in [1.54, 1.807) is 7.11 Å². The Bertz CT molecular complexity index is 1280. The summed E-state index contributed by atoms with van der Waals surface area (Å²) in [6, 6.07) is 17.6. The Labute approximate surface area is 252 Å². The number of thiocarbonyl (C=S) groups is 1. The van der Waals surface area contributed by atoms with Crippen molar-refractivity contribution in [2.45, 2.75) is 90.1 Å². The normalized spacial score (nSPS) is 22.4. The number of anilines is 1. The highest BCUT2D eigenvalue weighted by Crippen LogP contribution is 2.43. The lowest BCUT2D eigenvalue weighted by Crippen LogP contribution is -2.58. The van der Waals surface area contributed by atoms with E-state index in [-0.39, 0.29) is 6.04 Å². The van der Waals surface area contributed by atoms with Gasteiger partial charge < -0.3 is 15.4 Å². The van der Waals surface area contributed by atoms with Crippen LogP contribution in [-0.2, 0) is 6.42 Å². The fourth-order valence-corrected chi connectivity index (χ4v) is 7.33. The molecule has 4 heterocycles. The Kier molecular flexibility index (Phi) is 10.5. The lowest BCUT2D eigenvalue weighted by Gasteiger charge is -2.52. The molecule has 3 aliphatic heterocycles. The minimum absolute atomic E-state index is 0.0557. The van der Waals surface area contributed by atoms with Gasteiger partial charge in [-0.05, 0) is 104 Å². The van der Waals surface area contributed by atoms with E-state index in [0.29, 0.717) is 11.2 Å². The first-order valence-electron chi connectivity index (χ1n) is 15.9. The van der Waals surface area contributed by atoms with Crippen molar-refractivity contribution in [1.29, 1.82) is 0 Å². The molecule has 0 spiro atoms. The largest absolute Gasteiger partial charge is 0.497 e. The highest BCUT2D eigenvalue weighted by atomic mass is 32.1. The van der Waals surface area contributed by atoms with Crippen LogP contribution in [0, 0.1) is 11.8 Å². The number of aryl methyl sites for hydroxylation is 1. The highest BCUT2D eigenvalue weighted by molar-refractivity contribution is 7.80. The predicted octanol–water partition coefficient (Wildman–Crippen LogP) is 8.29. The molecule has 0 radical (unpaired) electrons. The Morgan fingerprint density at radius 3 is 2.59 bits per heavy atom. The van der Waals surface area contributed by atoms with Crippen LogP contribution in [0.3, 0.4) is 0 Å². The smallest absolute Gasteiger partial charge is 0.171 e. The summed E-state index contributed by atoms with van der Waals surface area (Å²) >= 11 is 5.96. The summed E-state index contributed by atoms with van der Waals surface area (Å²) in [4.78, 5) is 7.37. The topological polar surface area (TPSA) is 49.4 Å². The fraction of sp³-hybridized carbons (Fsp3) is 0.543. The van der Waals surface area contributed by atoms with Crippen LogP contribution >= 0.6 is 12.2 Å². The summed E-state index contributed by atoms with van der Waals surface area (Å²) in [6.07, 6.45) is 14.8. The highest BCUT2D eigenvalue weighted by Gasteiger charge is 2.43. The lowest BCUT2D eigenvalue weighted by atomic mass is 9.72. The maximum absolute atomic E-state index is 5.96. The third-order valence-electron chi connectivity index (χ3n) is 9.48. The van der Waals surface area contributed by atoms with Gasteiger partial charge in [0.05, 0.1) is 18.7 Å². The predicted molar refractivity (Wildman–Crippen MR) is 176 cm³/mol. The van der Waals surface area contributed by atoms with E-state index >= 15 is 0 Å². The van der Waals surface area contributed by atoms with Gasteiger partial charge in [0.1, 0.15) is 5.75 Å². The molecule has 5 nitrogen and oxygen atoms in total. The number of nitrogens with zero attached hydrogens (tertiary/aromatic N) is 2. The molecule has 6 heteroatoms. The summed E-state index contributed by atoms with van der Waals surface area (Å²) in [5.41, 5.74) is 4.65. The quantitative estimate of drug-likeness (QED) is 0.159. The number of hydrogen-bond acceptors (Lipinski definition) is 4. The summed E-state index contributed by atoms with van der Waals surface area (Å²) in [5, 5.41) is 9.07. The van der Waals surface area contributed by atoms with Gasteiger partial charge in [-0.2, -0.15) is 0 Å². The van der Waals surface area contributed by atoms with Crippen LogP contribution in [0.1, 0.15) is 88.8 Å². The van der Waals surface area contributed by atoms with E-state index in [9.17, 15) is 0 Å². The van der Waals surface area contributed by atoms with Crippen molar-refractivity contribution in [3.8, 4) is 5.75 Å². The van der Waals surface area contributed by atoms with Crippen molar-refractivity contribution in [3.63, 3.8) is 0 Å². The first-order valence-corrected chi connectivity index (χ1v) is 16.3. The first kappa shape index (κ1) is 29.8. The fourth-order valence-electron chi connectivity index (χ4n) is 7.09. The molecule has 1 aromatic heterocycles. The molecular formula is C35H48N4OS. The van der Waals surface area contributed by atoms with Gasteiger partial charge in [-0.3, -0.25) is 9.88 Å². The lowest BCUT2D eigenvalue weighted by molar-refractivity contribution is -0.0132. The summed E-state index contributed by atoms with van der Waals surface area (Å²) in [6.45, 7) is 6.96. The number of hydrogen-bond donors (Lipinski definition) is 2. The van der Waals surface area contributed by atoms with E-state index in [1.165, 1.54) is 75.5 Å². The van der Waals surface area contributed by atoms with Crippen molar-refractivity contribution in [2.24, 2.45) is 11.8 Å². The van der Waals surface area contributed by atoms with Crippen LogP contribution < -0.4 is 15.4 Å². The van der Waals surface area contributed by atoms with E-state index in [1.807, 2.05) is 12.3 Å². The molecule has 2 N–H and O–H groups in total. The minimum atomic E-state index is 0.0557. The standard InChI is InChI=1S/C35H48N4OS/c1-4-6-7-8-9-10-11-25-12-14-28(15-13-25)37-35(41)38-34(33-22-27-19-21-39(33)24-26(27)5-2)30-18-20-36-32-17-16-29(40-3)23-31(30)32/h12-18,20,23,26-27,33-34H,4-11,19,21-22,24H2,1-3H3,(H2,37,38,41). The number of benzene rings is 2. The van der Waals surface area contributed by atoms with Gasteiger partial charge in [0, 0.05) is 29.9 Å². The van der Waals surface area contributed by atoms with Gasteiger partial charge in [-0.1, -0.05) is 64.5 Å². The van der Waals surface area contributed by atoms with Crippen LogP contribution in [0.5, 0.6) is 5.75 Å². The molecule has 0 saturated carbocycles. The van der Waals surface area contributed by atoms with Crippen molar-refractivity contribution in [3.05, 3.63) is 65.9 Å². The Morgan fingerprint density at radius 1 is 1.05 bits per heavy atom. The zero-order valence-corrected chi connectivity index (χ0v) is 26.0. The monoisotopic (exact) mass is 572 g/mol. The second kappa shape index (κ2) is 14.5. The molecular weight excluding hydrogens is 524 g/mol. The Hall–Kier alpha value is -2.70. The first-order chi connectivity index (χ1) is 20.1. The van der Waals surface area contributed by atoms with E-state index in [2.05, 4.69) is 76.8 Å². The Balaban J connectivity index is 1.31. The van der Waals surface area contributed by atoms with Crippen molar-refractivity contribution < 1.29 is 4.74 Å². The van der Waals surface area contributed by atoms with Crippen LogP contribution in [0.2, 0.25) is 0 Å². The number of rotatable bonds is 13. The number of aromatic nitrogens is 1. The van der Waals surface area contributed by atoms with E-state index in [4.69, 9.17) is 17.0 Å². The second-order valence-corrected chi connectivity index (χ2v) is 12.5. The number of ether oxygens (including phenoxy) is 1. The molecule has 5 unspecified atom stereocenters. The van der Waals surface area contributed by atoms with Crippen molar-refractivity contribution in [2.75, 3.05) is 25.5 Å². The molecule has 41 heavy (non-hydrogen) atoms. The molecule has 2 aromatic carbocycles. The number of nitrogens with one attached hydrogen (secondary N) is 2. The molecule has 3 aliphatic rings. The summed E-state index contributed by atoms with van der Waals surface area (Å²) in [7, 11) is 1.72. The average molecular weight is 573 g/mol. The van der Waals surface area contributed by atoms with Gasteiger partial charge in [-0.25, -0.2) is 0 Å². The van der Waals surface area contributed by atoms with Crippen LogP contribution in [0.4, 0.5) is 5.69 Å². The van der Waals surface area contributed by atoms with Crippen molar-refractivity contribution >= 4 is 33.9 Å². The summed E-state index contributed by atoms with van der Waals surface area (Å²) in [5.74, 6) is 2.43. The average Bonchev–Trinajstić information content (AvgIpc) is 3.02. The molecule has 0 aliphatic carbocycles. The number of fused-ring (bicyclic) bond motifs is 4. The number of unbranched alkanes of at least 4 members (excludes halogenated alkanes) is 5. The zero-order chi connectivity index (χ0) is 28.6. The molecule has 220 valence electrons. The zero-order valence-electron chi connectivity index (χ0n) is 25.2. The SMILES string of the molecule is CCCCCCCCc1ccc(NC(=S)NC(c2ccnc3ccc(OC)cc23)C2CC3CCN2CC3CC)cc1. The van der Waals surface area contributed by atoms with Gasteiger partial charge >= 0.3 is 0 Å². The van der Waals surface area contributed by atoms with Crippen LogP contribution in [0.25, 0.3) is 10.9 Å². The summed E-state index contributed by atoms with van der Waals surface area (Å²) < 4.78 is 5.60. The number of piperidine rings is 3. The maximum Gasteiger partial charge on any atom is 0.171 e. The second-order valence-electron chi connectivity index (χ2n) is 12.1. The number of methoxy groups -OCH3 is 1. The van der Waals surface area contributed by atoms with Crippen LogP contribution in [0.15, 0.2) is 54.7 Å². The molecule has 3 saturated heterocycles. The van der Waals surface area contributed by atoms with Gasteiger partial charge in [0.2, 0.25) is 0 Å².